The number of carbonyl (C=O) groups excluding carboxylic acids is 1. The van der Waals surface area contributed by atoms with Gasteiger partial charge in [0.25, 0.3) is 0 Å². The third-order valence-electron chi connectivity index (χ3n) is 3.61. The maximum absolute atomic E-state index is 14.0. The standard InChI is InChI=1S/C19H19F5NO5P/c1-10(2)9-28-19(26)11(3)25-31(27,29-12-7-5-4-6-8-12)30-18-16(23)14(21)13(20)15(22)17(18)24/h4-8,10-11H,9H2,1-3H3,(H,25,27)/t11-,31?/m0/s1. The van der Waals surface area contributed by atoms with Crippen LogP contribution in [0, 0.1) is 35.0 Å². The Kier molecular flexibility index (Phi) is 8.02. The minimum Gasteiger partial charge on any atom is -0.464 e. The van der Waals surface area contributed by atoms with Gasteiger partial charge in [0.05, 0.1) is 6.61 Å². The number of benzene rings is 2. The first kappa shape index (κ1) is 24.6. The lowest BCUT2D eigenvalue weighted by Crippen LogP contribution is -2.36. The van der Waals surface area contributed by atoms with Gasteiger partial charge >= 0.3 is 13.7 Å². The van der Waals surface area contributed by atoms with Gasteiger partial charge in [0.15, 0.2) is 0 Å². The van der Waals surface area contributed by atoms with Crippen LogP contribution in [0.3, 0.4) is 0 Å². The number of carbonyl (C=O) groups is 1. The van der Waals surface area contributed by atoms with Crippen LogP contribution in [0.25, 0.3) is 0 Å². The second kappa shape index (κ2) is 10.1. The quantitative estimate of drug-likeness (QED) is 0.181. The van der Waals surface area contributed by atoms with Gasteiger partial charge in [0, 0.05) is 0 Å². The molecule has 2 aromatic rings. The molecule has 170 valence electrons. The predicted molar refractivity (Wildman–Crippen MR) is 99.9 cm³/mol. The molecule has 0 spiro atoms. The van der Waals surface area contributed by atoms with Crippen molar-refractivity contribution in [1.82, 2.24) is 5.09 Å². The Hall–Kier alpha value is -2.65. The first-order chi connectivity index (χ1) is 14.4. The molecule has 0 aliphatic heterocycles. The third kappa shape index (κ3) is 6.18. The fourth-order valence-electron chi connectivity index (χ4n) is 2.14. The summed E-state index contributed by atoms with van der Waals surface area (Å²) in [7, 11) is -4.92. The maximum atomic E-state index is 14.0. The van der Waals surface area contributed by atoms with Crippen LogP contribution in [-0.2, 0) is 14.1 Å². The van der Waals surface area contributed by atoms with Crippen molar-refractivity contribution >= 4 is 13.7 Å². The summed E-state index contributed by atoms with van der Waals surface area (Å²) in [4.78, 5) is 12.1. The summed E-state index contributed by atoms with van der Waals surface area (Å²) in [5.41, 5.74) is 0. The van der Waals surface area contributed by atoms with Crippen LogP contribution < -0.4 is 14.1 Å². The molecule has 1 N–H and O–H groups in total. The van der Waals surface area contributed by atoms with Crippen molar-refractivity contribution in [3.05, 3.63) is 59.4 Å². The first-order valence-corrected chi connectivity index (χ1v) is 10.5. The van der Waals surface area contributed by atoms with Crippen LogP contribution >= 0.6 is 7.75 Å². The number of hydrogen-bond acceptors (Lipinski definition) is 5. The van der Waals surface area contributed by atoms with Crippen LogP contribution in [0.2, 0.25) is 0 Å². The molecule has 2 aromatic carbocycles. The molecule has 0 saturated heterocycles. The van der Waals surface area contributed by atoms with E-state index in [1.165, 1.54) is 31.2 Å². The normalized spacial score (nSPS) is 14.1. The summed E-state index contributed by atoms with van der Waals surface area (Å²) >= 11 is 0. The zero-order valence-electron chi connectivity index (χ0n) is 16.6. The van der Waals surface area contributed by atoms with Gasteiger partial charge in [-0.3, -0.25) is 4.79 Å². The molecule has 0 aliphatic carbocycles. The molecule has 0 aromatic heterocycles. The fourth-order valence-corrected chi connectivity index (χ4v) is 3.66. The summed E-state index contributed by atoms with van der Waals surface area (Å²) in [6.07, 6.45) is 0. The Balaban J connectivity index is 2.40. The molecular formula is C19H19F5NO5P. The molecule has 1 unspecified atom stereocenters. The lowest BCUT2D eigenvalue weighted by molar-refractivity contribution is -0.146. The third-order valence-corrected chi connectivity index (χ3v) is 5.19. The van der Waals surface area contributed by atoms with E-state index in [0.717, 1.165) is 0 Å². The molecule has 2 atom stereocenters. The van der Waals surface area contributed by atoms with Crippen molar-refractivity contribution in [1.29, 1.82) is 0 Å². The van der Waals surface area contributed by atoms with Crippen molar-refractivity contribution in [3.8, 4) is 11.5 Å². The molecule has 31 heavy (non-hydrogen) atoms. The SMILES string of the molecule is CC(C)COC(=O)[C@H](C)NP(=O)(Oc1ccccc1)Oc1c(F)c(F)c(F)c(F)c1F. The second-order valence-corrected chi connectivity index (χ2v) is 8.39. The molecule has 0 fully saturated rings. The Bertz CT molecular complexity index is 960. The van der Waals surface area contributed by atoms with Gasteiger partial charge in [0.2, 0.25) is 34.8 Å². The van der Waals surface area contributed by atoms with E-state index in [2.05, 4.69) is 9.61 Å². The molecule has 0 aliphatic rings. The lowest BCUT2D eigenvalue weighted by Gasteiger charge is -2.23. The van der Waals surface area contributed by atoms with E-state index in [0.29, 0.717) is 0 Å². The summed E-state index contributed by atoms with van der Waals surface area (Å²) in [5, 5.41) is 2.09. The molecular weight excluding hydrogens is 448 g/mol. The summed E-state index contributed by atoms with van der Waals surface area (Å²) in [6.45, 7) is 4.74. The van der Waals surface area contributed by atoms with Crippen LogP contribution in [0.1, 0.15) is 20.8 Å². The van der Waals surface area contributed by atoms with E-state index in [4.69, 9.17) is 9.26 Å². The lowest BCUT2D eigenvalue weighted by atomic mass is 10.2. The van der Waals surface area contributed by atoms with Gasteiger partial charge in [-0.1, -0.05) is 32.0 Å². The molecule has 0 saturated carbocycles. The van der Waals surface area contributed by atoms with Gasteiger partial charge in [-0.25, -0.2) is 17.7 Å². The van der Waals surface area contributed by atoms with Crippen LogP contribution in [-0.4, -0.2) is 18.6 Å². The van der Waals surface area contributed by atoms with Crippen LogP contribution in [0.5, 0.6) is 11.5 Å². The van der Waals surface area contributed by atoms with Crippen molar-refractivity contribution in [2.75, 3.05) is 6.61 Å². The van der Waals surface area contributed by atoms with E-state index < -0.39 is 54.6 Å². The predicted octanol–water partition coefficient (Wildman–Crippen LogP) is 5.13. The summed E-state index contributed by atoms with van der Waals surface area (Å²) < 4.78 is 96.3. The largest absolute Gasteiger partial charge is 0.513 e. The van der Waals surface area contributed by atoms with Gasteiger partial charge in [-0.2, -0.15) is 13.9 Å². The zero-order valence-corrected chi connectivity index (χ0v) is 17.5. The monoisotopic (exact) mass is 467 g/mol. The van der Waals surface area contributed by atoms with E-state index >= 15 is 0 Å². The van der Waals surface area contributed by atoms with Crippen molar-refractivity contribution in [2.24, 2.45) is 5.92 Å². The van der Waals surface area contributed by atoms with E-state index in [1.54, 1.807) is 19.9 Å². The van der Waals surface area contributed by atoms with Crippen LogP contribution in [0.4, 0.5) is 22.0 Å². The van der Waals surface area contributed by atoms with E-state index in [9.17, 15) is 31.3 Å². The number of halogens is 5. The Morgan fingerprint density at radius 3 is 1.94 bits per heavy atom. The van der Waals surface area contributed by atoms with E-state index in [1.807, 2.05) is 0 Å². The molecule has 2 rings (SSSR count). The number of para-hydroxylation sites is 1. The van der Waals surface area contributed by atoms with Crippen molar-refractivity contribution in [3.63, 3.8) is 0 Å². The molecule has 12 heteroatoms. The molecule has 0 bridgehead atoms. The number of nitrogens with one attached hydrogen (secondary N) is 1. The minimum atomic E-state index is -4.92. The second-order valence-electron chi connectivity index (χ2n) is 6.77. The maximum Gasteiger partial charge on any atom is 0.513 e. The highest BCUT2D eigenvalue weighted by atomic mass is 31.2. The highest BCUT2D eigenvalue weighted by molar-refractivity contribution is 7.52. The van der Waals surface area contributed by atoms with Gasteiger partial charge < -0.3 is 13.8 Å². The highest BCUT2D eigenvalue weighted by Gasteiger charge is 2.38. The highest BCUT2D eigenvalue weighted by Crippen LogP contribution is 2.47. The number of rotatable bonds is 9. The number of hydrogen-bond donors (Lipinski definition) is 1. The minimum absolute atomic E-state index is 0.0202. The van der Waals surface area contributed by atoms with Crippen LogP contribution in [0.15, 0.2) is 30.3 Å². The average molecular weight is 467 g/mol. The molecule has 0 amide bonds. The topological polar surface area (TPSA) is 73.9 Å². The average Bonchev–Trinajstić information content (AvgIpc) is 2.72. The smallest absolute Gasteiger partial charge is 0.464 e. The Morgan fingerprint density at radius 2 is 1.42 bits per heavy atom. The first-order valence-electron chi connectivity index (χ1n) is 8.95. The molecule has 0 heterocycles. The van der Waals surface area contributed by atoms with Gasteiger partial charge in [-0.15, -0.1) is 0 Å². The Labute approximate surface area is 174 Å². The summed E-state index contributed by atoms with van der Waals surface area (Å²) in [6, 6.07) is 5.67. The Morgan fingerprint density at radius 1 is 0.903 bits per heavy atom. The van der Waals surface area contributed by atoms with E-state index in [-0.39, 0.29) is 18.3 Å². The zero-order chi connectivity index (χ0) is 23.3. The summed E-state index contributed by atoms with van der Waals surface area (Å²) in [5.74, 6) is -14.6. The van der Waals surface area contributed by atoms with Gasteiger partial charge in [0.1, 0.15) is 11.8 Å². The number of ether oxygens (including phenoxy) is 1. The molecule has 6 nitrogen and oxygen atoms in total. The molecule has 0 radical (unpaired) electrons. The van der Waals surface area contributed by atoms with Crippen molar-refractivity contribution < 1.29 is 45.1 Å². The number of esters is 1. The fraction of sp³-hybridized carbons (Fsp3) is 0.316. The van der Waals surface area contributed by atoms with Gasteiger partial charge in [-0.05, 0) is 25.0 Å². The van der Waals surface area contributed by atoms with Crippen molar-refractivity contribution in [2.45, 2.75) is 26.8 Å².